The highest BCUT2D eigenvalue weighted by molar-refractivity contribution is 8.00. The van der Waals surface area contributed by atoms with Gasteiger partial charge in [0.15, 0.2) is 0 Å². The Kier molecular flexibility index (Phi) is 5.26. The quantitative estimate of drug-likeness (QED) is 0.471. The first-order valence-corrected chi connectivity index (χ1v) is 5.06. The monoisotopic (exact) mass is 173 g/mol. The largest absolute Gasteiger partial charge is 0.234 e. The number of carbonyl (C=O) groups excluding carboxylic acids is 1. The number of rotatable bonds is 5. The van der Waals surface area contributed by atoms with Crippen LogP contribution in [0.4, 0.5) is 0 Å². The van der Waals surface area contributed by atoms with Gasteiger partial charge in [0.2, 0.25) is 6.08 Å². The number of hydrogen-bond donors (Lipinski definition) is 0. The Morgan fingerprint density at radius 2 is 2.00 bits per heavy atom. The maximum Gasteiger partial charge on any atom is 0.234 e. The van der Waals surface area contributed by atoms with Crippen molar-refractivity contribution in [1.82, 2.24) is 0 Å². The molecule has 0 aliphatic carbocycles. The third-order valence-corrected chi connectivity index (χ3v) is 3.73. The van der Waals surface area contributed by atoms with Gasteiger partial charge in [-0.25, -0.2) is 9.79 Å². The van der Waals surface area contributed by atoms with Crippen LogP contribution in [-0.2, 0) is 4.79 Å². The first-order valence-electron chi connectivity index (χ1n) is 3.83. The smallest absolute Gasteiger partial charge is 0.211 e. The van der Waals surface area contributed by atoms with Crippen molar-refractivity contribution >= 4 is 17.8 Å². The summed E-state index contributed by atoms with van der Waals surface area (Å²) in [5.74, 6) is 0. The number of aliphatic imine (C=N–C) groups is 1. The fourth-order valence-electron chi connectivity index (χ4n) is 1.00. The molecule has 0 heterocycles. The Hall–Kier alpha value is -0.270. The van der Waals surface area contributed by atoms with Crippen LogP contribution in [0.2, 0.25) is 0 Å². The lowest BCUT2D eigenvalue weighted by atomic mass is 10.0. The minimum Gasteiger partial charge on any atom is -0.211 e. The second-order valence-corrected chi connectivity index (χ2v) is 3.78. The standard InChI is InChI=1S/C8H15NOS/c1-4-8(5-2,11-3)6-9-7-10/h4-6H2,1-3H3. The predicted octanol–water partition coefficient (Wildman–Crippen LogP) is 2.24. The molecule has 0 aromatic rings. The number of hydrogen-bond acceptors (Lipinski definition) is 3. The fraction of sp³-hybridized carbons (Fsp3) is 0.875. The number of nitrogens with zero attached hydrogens (tertiary/aromatic N) is 1. The summed E-state index contributed by atoms with van der Waals surface area (Å²) < 4.78 is 0.164. The van der Waals surface area contributed by atoms with E-state index in [9.17, 15) is 4.79 Å². The lowest BCUT2D eigenvalue weighted by Crippen LogP contribution is -2.26. The van der Waals surface area contributed by atoms with Gasteiger partial charge in [0, 0.05) is 4.75 Å². The third-order valence-electron chi connectivity index (χ3n) is 2.15. The van der Waals surface area contributed by atoms with E-state index in [1.54, 1.807) is 17.8 Å². The molecule has 0 unspecified atom stereocenters. The van der Waals surface area contributed by atoms with Gasteiger partial charge < -0.3 is 0 Å². The van der Waals surface area contributed by atoms with Crippen LogP contribution in [0.3, 0.4) is 0 Å². The number of isocyanates is 1. The lowest BCUT2D eigenvalue weighted by Gasteiger charge is -2.26. The summed E-state index contributed by atoms with van der Waals surface area (Å²) in [4.78, 5) is 13.5. The van der Waals surface area contributed by atoms with Crippen LogP contribution in [0.15, 0.2) is 4.99 Å². The van der Waals surface area contributed by atoms with Gasteiger partial charge in [0.25, 0.3) is 0 Å². The lowest BCUT2D eigenvalue weighted by molar-refractivity contribution is 0.541. The van der Waals surface area contributed by atoms with Crippen molar-refractivity contribution in [2.24, 2.45) is 4.99 Å². The molecule has 0 radical (unpaired) electrons. The molecule has 0 N–H and O–H groups in total. The molecule has 3 heteroatoms. The Morgan fingerprint density at radius 1 is 1.45 bits per heavy atom. The van der Waals surface area contributed by atoms with Gasteiger partial charge in [0.05, 0.1) is 6.54 Å². The second-order valence-electron chi connectivity index (χ2n) is 2.50. The molecule has 0 saturated heterocycles. The highest BCUT2D eigenvalue weighted by atomic mass is 32.2. The van der Waals surface area contributed by atoms with Gasteiger partial charge in [0.1, 0.15) is 0 Å². The minimum absolute atomic E-state index is 0.164. The van der Waals surface area contributed by atoms with E-state index in [2.05, 4.69) is 25.1 Å². The molecule has 0 spiro atoms. The zero-order valence-electron chi connectivity index (χ0n) is 7.39. The van der Waals surface area contributed by atoms with E-state index in [1.807, 2.05) is 0 Å². The molecule has 11 heavy (non-hydrogen) atoms. The highest BCUT2D eigenvalue weighted by Gasteiger charge is 2.23. The van der Waals surface area contributed by atoms with Gasteiger partial charge >= 0.3 is 0 Å². The van der Waals surface area contributed by atoms with Crippen molar-refractivity contribution in [3.05, 3.63) is 0 Å². The van der Waals surface area contributed by atoms with Crippen LogP contribution in [0.25, 0.3) is 0 Å². The summed E-state index contributed by atoms with van der Waals surface area (Å²) in [7, 11) is 0. The van der Waals surface area contributed by atoms with Crippen molar-refractivity contribution in [3.8, 4) is 0 Å². The first kappa shape index (κ1) is 10.7. The van der Waals surface area contributed by atoms with Crippen LogP contribution in [0, 0.1) is 0 Å². The summed E-state index contributed by atoms with van der Waals surface area (Å²) >= 11 is 1.78. The molecule has 0 fully saturated rings. The molecule has 2 nitrogen and oxygen atoms in total. The van der Waals surface area contributed by atoms with E-state index < -0.39 is 0 Å². The van der Waals surface area contributed by atoms with Crippen molar-refractivity contribution in [1.29, 1.82) is 0 Å². The molecule has 0 bridgehead atoms. The van der Waals surface area contributed by atoms with E-state index in [1.165, 1.54) is 0 Å². The molecular formula is C8H15NOS. The molecule has 0 aromatic heterocycles. The summed E-state index contributed by atoms with van der Waals surface area (Å²) in [6, 6.07) is 0. The Labute approximate surface area is 72.5 Å². The van der Waals surface area contributed by atoms with E-state index in [-0.39, 0.29) is 4.75 Å². The van der Waals surface area contributed by atoms with E-state index >= 15 is 0 Å². The minimum atomic E-state index is 0.164. The average molecular weight is 173 g/mol. The Morgan fingerprint density at radius 3 is 2.27 bits per heavy atom. The van der Waals surface area contributed by atoms with E-state index in [0.29, 0.717) is 6.54 Å². The molecule has 0 aliphatic heterocycles. The summed E-state index contributed by atoms with van der Waals surface area (Å²) in [5.41, 5.74) is 0. The molecule has 64 valence electrons. The average Bonchev–Trinajstić information content (AvgIpc) is 2.08. The predicted molar refractivity (Wildman–Crippen MR) is 49.8 cm³/mol. The summed E-state index contributed by atoms with van der Waals surface area (Å²) in [6.07, 6.45) is 5.75. The van der Waals surface area contributed by atoms with Gasteiger partial charge in [-0.3, -0.25) is 0 Å². The third kappa shape index (κ3) is 3.08. The van der Waals surface area contributed by atoms with Crippen molar-refractivity contribution in [2.45, 2.75) is 31.4 Å². The summed E-state index contributed by atoms with van der Waals surface area (Å²) in [5, 5.41) is 0. The summed E-state index contributed by atoms with van der Waals surface area (Å²) in [6.45, 7) is 4.85. The molecule has 0 atom stereocenters. The van der Waals surface area contributed by atoms with E-state index in [4.69, 9.17) is 0 Å². The maximum atomic E-state index is 9.90. The Bertz CT molecular complexity index is 140. The maximum absolute atomic E-state index is 9.90. The van der Waals surface area contributed by atoms with Crippen LogP contribution in [-0.4, -0.2) is 23.6 Å². The van der Waals surface area contributed by atoms with Gasteiger partial charge in [-0.1, -0.05) is 13.8 Å². The number of thioether (sulfide) groups is 1. The van der Waals surface area contributed by atoms with Crippen LogP contribution in [0.5, 0.6) is 0 Å². The highest BCUT2D eigenvalue weighted by Crippen LogP contribution is 2.30. The van der Waals surface area contributed by atoms with Crippen LogP contribution >= 0.6 is 11.8 Å². The molecular weight excluding hydrogens is 158 g/mol. The Balaban J connectivity index is 4.15. The van der Waals surface area contributed by atoms with Gasteiger partial charge in [-0.05, 0) is 19.1 Å². The topological polar surface area (TPSA) is 29.4 Å². The molecule has 0 saturated carbocycles. The van der Waals surface area contributed by atoms with E-state index in [0.717, 1.165) is 12.8 Å². The van der Waals surface area contributed by atoms with Gasteiger partial charge in [-0.15, -0.1) is 0 Å². The van der Waals surface area contributed by atoms with Gasteiger partial charge in [-0.2, -0.15) is 11.8 Å². The molecule has 0 rings (SSSR count). The molecule has 0 aliphatic rings. The SMILES string of the molecule is CCC(CC)(CN=C=O)SC. The van der Waals surface area contributed by atoms with Crippen molar-refractivity contribution in [3.63, 3.8) is 0 Å². The normalized spacial score (nSPS) is 10.8. The van der Waals surface area contributed by atoms with Crippen molar-refractivity contribution < 1.29 is 4.79 Å². The molecule has 0 amide bonds. The first-order chi connectivity index (χ1) is 5.24. The zero-order valence-corrected chi connectivity index (χ0v) is 8.20. The van der Waals surface area contributed by atoms with Crippen LogP contribution in [0.1, 0.15) is 26.7 Å². The van der Waals surface area contributed by atoms with Crippen LogP contribution < -0.4 is 0 Å². The fourth-order valence-corrected chi connectivity index (χ4v) is 1.77. The molecule has 0 aromatic carbocycles. The second kappa shape index (κ2) is 5.39. The van der Waals surface area contributed by atoms with Crippen molar-refractivity contribution in [2.75, 3.05) is 12.8 Å². The zero-order chi connectivity index (χ0) is 8.74.